The van der Waals surface area contributed by atoms with Crippen LogP contribution in [0.3, 0.4) is 0 Å². The molecular weight excluding hydrogens is 286 g/mol. The number of hydrogen-bond donors (Lipinski definition) is 0. The average molecular weight is 301 g/mol. The summed E-state index contributed by atoms with van der Waals surface area (Å²) in [6.07, 6.45) is -0.430. The summed E-state index contributed by atoms with van der Waals surface area (Å²) >= 11 is 0. The first-order chi connectivity index (χ1) is 10.6. The van der Waals surface area contributed by atoms with Gasteiger partial charge in [-0.3, -0.25) is 4.98 Å². The van der Waals surface area contributed by atoms with E-state index < -0.39 is 18.0 Å². The normalized spacial score (nSPS) is 17.4. The topological polar surface area (TPSA) is 74.7 Å². The van der Waals surface area contributed by atoms with Gasteiger partial charge in [0.1, 0.15) is 5.75 Å². The first kappa shape index (κ1) is 14.3. The molecule has 0 saturated carbocycles. The Hall–Kier alpha value is -2.63. The van der Waals surface area contributed by atoms with E-state index >= 15 is 0 Å². The van der Waals surface area contributed by atoms with E-state index in [-0.39, 0.29) is 6.61 Å². The van der Waals surface area contributed by atoms with Crippen molar-refractivity contribution in [3.63, 3.8) is 0 Å². The number of methoxy groups -OCH3 is 1. The Morgan fingerprint density at radius 3 is 2.86 bits per heavy atom. The third kappa shape index (κ3) is 2.59. The molecule has 1 aliphatic heterocycles. The fourth-order valence-electron chi connectivity index (χ4n) is 2.35. The lowest BCUT2D eigenvalue weighted by Gasteiger charge is -2.11. The molecule has 1 aromatic heterocycles. The molecule has 6 heteroatoms. The van der Waals surface area contributed by atoms with Crippen molar-refractivity contribution < 1.29 is 23.8 Å². The molecule has 1 saturated heterocycles. The number of ether oxygens (including phenoxy) is 3. The van der Waals surface area contributed by atoms with Crippen molar-refractivity contribution >= 4 is 22.8 Å². The Bertz CT molecular complexity index is 756. The summed E-state index contributed by atoms with van der Waals surface area (Å²) in [6.45, 7) is 2.01. The Kier molecular flexibility index (Phi) is 3.66. The number of rotatable bonds is 3. The number of carbonyl (C=O) groups is 2. The van der Waals surface area contributed by atoms with Gasteiger partial charge in [0, 0.05) is 17.9 Å². The van der Waals surface area contributed by atoms with Gasteiger partial charge in [0.2, 0.25) is 6.10 Å². The van der Waals surface area contributed by atoms with Crippen molar-refractivity contribution in [1.29, 1.82) is 0 Å². The Morgan fingerprint density at radius 1 is 1.36 bits per heavy atom. The summed E-state index contributed by atoms with van der Waals surface area (Å²) < 4.78 is 15.1. The smallest absolute Gasteiger partial charge is 0.347 e. The fraction of sp³-hybridized carbons (Fsp3) is 0.312. The molecule has 0 N–H and O–H groups in total. The third-order valence-electron chi connectivity index (χ3n) is 3.57. The highest BCUT2D eigenvalue weighted by molar-refractivity contribution is 5.96. The molecule has 0 radical (unpaired) electrons. The molecule has 2 aromatic rings. The second-order valence-electron chi connectivity index (χ2n) is 5.03. The quantitative estimate of drug-likeness (QED) is 0.807. The molecule has 0 aliphatic carbocycles. The van der Waals surface area contributed by atoms with Crippen molar-refractivity contribution in [2.24, 2.45) is 0 Å². The number of cyclic esters (lactones) is 1. The lowest BCUT2D eigenvalue weighted by molar-refractivity contribution is -0.145. The highest BCUT2D eigenvalue weighted by atomic mass is 16.6. The van der Waals surface area contributed by atoms with Crippen molar-refractivity contribution in [3.05, 3.63) is 35.5 Å². The second-order valence-corrected chi connectivity index (χ2v) is 5.03. The molecule has 1 fully saturated rings. The molecule has 1 unspecified atom stereocenters. The maximum atomic E-state index is 12.2. The molecule has 0 spiro atoms. The molecule has 1 aliphatic rings. The fourth-order valence-corrected chi connectivity index (χ4v) is 2.35. The highest BCUT2D eigenvalue weighted by Crippen LogP contribution is 2.23. The van der Waals surface area contributed by atoms with Gasteiger partial charge in [-0.1, -0.05) is 0 Å². The molecule has 1 atom stereocenters. The minimum Gasteiger partial charge on any atom is -0.497 e. The van der Waals surface area contributed by atoms with Gasteiger partial charge >= 0.3 is 11.9 Å². The zero-order valence-electron chi connectivity index (χ0n) is 12.3. The lowest BCUT2D eigenvalue weighted by atomic mass is 10.1. The van der Waals surface area contributed by atoms with Gasteiger partial charge in [-0.25, -0.2) is 9.59 Å². The van der Waals surface area contributed by atoms with Crippen LogP contribution in [0.15, 0.2) is 24.3 Å². The summed E-state index contributed by atoms with van der Waals surface area (Å²) in [5.74, 6) is -0.362. The Balaban J connectivity index is 1.91. The molecule has 0 bridgehead atoms. The van der Waals surface area contributed by atoms with E-state index in [1.165, 1.54) is 0 Å². The third-order valence-corrected chi connectivity index (χ3v) is 3.57. The van der Waals surface area contributed by atoms with Crippen LogP contribution in [0.25, 0.3) is 10.9 Å². The standard InChI is InChI=1S/C16H15NO5/c1-9-12(15(18)22-14-5-6-21-16(14)19)7-10-3-4-11(20-2)8-13(10)17-9/h3-4,7-8,14H,5-6H2,1-2H3. The number of nitrogens with zero attached hydrogens (tertiary/aromatic N) is 1. The van der Waals surface area contributed by atoms with Crippen LogP contribution in [0, 0.1) is 6.92 Å². The number of hydrogen-bond acceptors (Lipinski definition) is 6. The average Bonchev–Trinajstić information content (AvgIpc) is 2.91. The first-order valence-electron chi connectivity index (χ1n) is 6.91. The number of pyridine rings is 1. The Morgan fingerprint density at radius 2 is 2.18 bits per heavy atom. The molecule has 6 nitrogen and oxygen atoms in total. The molecular formula is C16H15NO5. The second kappa shape index (κ2) is 5.63. The summed E-state index contributed by atoms with van der Waals surface area (Å²) in [6, 6.07) is 7.12. The molecule has 2 heterocycles. The molecule has 114 valence electrons. The Labute approximate surface area is 127 Å². The van der Waals surface area contributed by atoms with Gasteiger partial charge in [0.25, 0.3) is 0 Å². The van der Waals surface area contributed by atoms with Crippen LogP contribution in [-0.2, 0) is 14.3 Å². The lowest BCUT2D eigenvalue weighted by Crippen LogP contribution is -2.23. The predicted molar refractivity (Wildman–Crippen MR) is 77.8 cm³/mol. The molecule has 22 heavy (non-hydrogen) atoms. The first-order valence-corrected chi connectivity index (χ1v) is 6.91. The number of aromatic nitrogens is 1. The van der Waals surface area contributed by atoms with Gasteiger partial charge in [-0.2, -0.15) is 0 Å². The number of carbonyl (C=O) groups excluding carboxylic acids is 2. The van der Waals surface area contributed by atoms with E-state index in [0.29, 0.717) is 23.4 Å². The van der Waals surface area contributed by atoms with E-state index in [1.807, 2.05) is 6.07 Å². The molecule has 1 aromatic carbocycles. The summed E-state index contributed by atoms with van der Waals surface area (Å²) in [5, 5.41) is 0.798. The van der Waals surface area contributed by atoms with Crippen LogP contribution >= 0.6 is 0 Å². The van der Waals surface area contributed by atoms with Crippen LogP contribution in [0.2, 0.25) is 0 Å². The maximum absolute atomic E-state index is 12.2. The minimum atomic E-state index is -0.821. The van der Waals surface area contributed by atoms with Crippen LogP contribution in [0.5, 0.6) is 5.75 Å². The SMILES string of the molecule is COc1ccc2cc(C(=O)OC3CCOC3=O)c(C)nc2c1. The monoisotopic (exact) mass is 301 g/mol. The largest absolute Gasteiger partial charge is 0.497 e. The van der Waals surface area contributed by atoms with E-state index in [0.717, 1.165) is 10.9 Å². The molecule has 3 rings (SSSR count). The van der Waals surface area contributed by atoms with Gasteiger partial charge < -0.3 is 14.2 Å². The van der Waals surface area contributed by atoms with Gasteiger partial charge in [0.05, 0.1) is 30.5 Å². The number of benzene rings is 1. The number of aryl methyl sites for hydroxylation is 1. The van der Waals surface area contributed by atoms with Crippen LogP contribution < -0.4 is 4.74 Å². The number of esters is 2. The van der Waals surface area contributed by atoms with Crippen molar-refractivity contribution in [2.45, 2.75) is 19.4 Å². The van der Waals surface area contributed by atoms with E-state index in [1.54, 1.807) is 32.2 Å². The summed E-state index contributed by atoms with van der Waals surface area (Å²) in [4.78, 5) is 28.0. The van der Waals surface area contributed by atoms with Crippen LogP contribution in [0.1, 0.15) is 22.5 Å². The van der Waals surface area contributed by atoms with Crippen LogP contribution in [-0.4, -0.2) is 36.7 Å². The van der Waals surface area contributed by atoms with Gasteiger partial charge in [-0.05, 0) is 25.1 Å². The highest BCUT2D eigenvalue weighted by Gasteiger charge is 2.31. The van der Waals surface area contributed by atoms with Crippen molar-refractivity contribution in [2.75, 3.05) is 13.7 Å². The molecule has 0 amide bonds. The summed E-state index contributed by atoms with van der Waals surface area (Å²) in [7, 11) is 1.58. The van der Waals surface area contributed by atoms with Crippen molar-refractivity contribution in [3.8, 4) is 5.75 Å². The minimum absolute atomic E-state index is 0.283. The number of fused-ring (bicyclic) bond motifs is 1. The zero-order valence-corrected chi connectivity index (χ0v) is 12.3. The van der Waals surface area contributed by atoms with Gasteiger partial charge in [0.15, 0.2) is 0 Å². The zero-order chi connectivity index (χ0) is 15.7. The summed E-state index contributed by atoms with van der Waals surface area (Å²) in [5.41, 5.74) is 1.61. The van der Waals surface area contributed by atoms with Crippen LogP contribution in [0.4, 0.5) is 0 Å². The van der Waals surface area contributed by atoms with Crippen molar-refractivity contribution in [1.82, 2.24) is 4.98 Å². The van der Waals surface area contributed by atoms with E-state index in [9.17, 15) is 9.59 Å². The van der Waals surface area contributed by atoms with E-state index in [2.05, 4.69) is 4.98 Å². The van der Waals surface area contributed by atoms with Gasteiger partial charge in [-0.15, -0.1) is 0 Å². The maximum Gasteiger partial charge on any atom is 0.347 e. The van der Waals surface area contributed by atoms with E-state index in [4.69, 9.17) is 14.2 Å². The predicted octanol–water partition coefficient (Wildman–Crippen LogP) is 2.02.